The van der Waals surface area contributed by atoms with Crippen LogP contribution in [0.25, 0.3) is 0 Å². The molecule has 3 rings (SSSR count). The van der Waals surface area contributed by atoms with Crippen molar-refractivity contribution in [3.63, 3.8) is 0 Å². The second-order valence-electron chi connectivity index (χ2n) is 7.76. The van der Waals surface area contributed by atoms with Crippen molar-refractivity contribution in [2.75, 3.05) is 47.1 Å². The molecule has 6 heteroatoms. The fourth-order valence-corrected chi connectivity index (χ4v) is 4.48. The zero-order chi connectivity index (χ0) is 16.8. The summed E-state index contributed by atoms with van der Waals surface area (Å²) in [5.74, 6) is 3.60. The predicted octanol–water partition coefficient (Wildman–Crippen LogP) is 3.13. The van der Waals surface area contributed by atoms with E-state index in [4.69, 9.17) is 9.47 Å². The monoisotopic (exact) mass is 465 g/mol. The number of nitrogens with zero attached hydrogens (tertiary/aromatic N) is 2. The molecular formula is C19H36IN3O2. The van der Waals surface area contributed by atoms with E-state index in [1.807, 2.05) is 7.05 Å². The van der Waals surface area contributed by atoms with E-state index in [-0.39, 0.29) is 24.0 Å². The number of rotatable bonds is 7. The summed E-state index contributed by atoms with van der Waals surface area (Å²) in [7, 11) is 3.64. The van der Waals surface area contributed by atoms with Crippen LogP contribution in [0.4, 0.5) is 0 Å². The van der Waals surface area contributed by atoms with Crippen molar-refractivity contribution in [1.29, 1.82) is 0 Å². The van der Waals surface area contributed by atoms with E-state index in [1.165, 1.54) is 44.9 Å². The van der Waals surface area contributed by atoms with Gasteiger partial charge in [0.25, 0.3) is 0 Å². The van der Waals surface area contributed by atoms with Crippen molar-refractivity contribution in [1.82, 2.24) is 10.2 Å². The first kappa shape index (κ1) is 21.2. The van der Waals surface area contributed by atoms with Crippen molar-refractivity contribution in [3.05, 3.63) is 0 Å². The maximum absolute atomic E-state index is 5.70. The van der Waals surface area contributed by atoms with Crippen LogP contribution in [0.1, 0.15) is 44.9 Å². The van der Waals surface area contributed by atoms with E-state index in [0.29, 0.717) is 25.2 Å². The molecule has 25 heavy (non-hydrogen) atoms. The molecule has 1 heterocycles. The van der Waals surface area contributed by atoms with Crippen LogP contribution in [0, 0.1) is 17.8 Å². The maximum atomic E-state index is 5.70. The van der Waals surface area contributed by atoms with Crippen LogP contribution >= 0.6 is 24.0 Å². The molecule has 0 spiro atoms. The molecule has 3 atom stereocenters. The number of guanidine groups is 1. The van der Waals surface area contributed by atoms with Gasteiger partial charge in [-0.1, -0.05) is 32.1 Å². The number of halogens is 1. The summed E-state index contributed by atoms with van der Waals surface area (Å²) in [6.45, 7) is 4.38. The normalized spacial score (nSPS) is 30.2. The Bertz CT molecular complexity index is 415. The van der Waals surface area contributed by atoms with Gasteiger partial charge in [-0.25, -0.2) is 0 Å². The second-order valence-corrected chi connectivity index (χ2v) is 7.76. The van der Waals surface area contributed by atoms with Gasteiger partial charge >= 0.3 is 0 Å². The highest BCUT2D eigenvalue weighted by Crippen LogP contribution is 2.44. The summed E-state index contributed by atoms with van der Waals surface area (Å²) < 4.78 is 10.7. The summed E-state index contributed by atoms with van der Waals surface area (Å²) in [5.41, 5.74) is 0. The average molecular weight is 465 g/mol. The zero-order valence-corrected chi connectivity index (χ0v) is 18.2. The molecule has 0 aromatic rings. The number of nitrogens with one attached hydrogen (secondary N) is 1. The molecule has 0 radical (unpaired) electrons. The molecule has 1 aliphatic heterocycles. The van der Waals surface area contributed by atoms with Crippen molar-refractivity contribution in [2.24, 2.45) is 22.7 Å². The van der Waals surface area contributed by atoms with Gasteiger partial charge in [-0.05, 0) is 24.7 Å². The maximum Gasteiger partial charge on any atom is 0.193 e. The third-order valence-corrected chi connectivity index (χ3v) is 5.99. The molecule has 0 amide bonds. The van der Waals surface area contributed by atoms with Crippen molar-refractivity contribution < 1.29 is 9.47 Å². The molecule has 2 aliphatic carbocycles. The Hall–Kier alpha value is -0.0800. The third kappa shape index (κ3) is 6.24. The molecule has 3 unspecified atom stereocenters. The first-order valence-electron chi connectivity index (χ1n) is 9.86. The number of likely N-dealkylation sites (tertiary alicyclic amines) is 1. The summed E-state index contributed by atoms with van der Waals surface area (Å²) in [4.78, 5) is 6.96. The molecule has 0 bridgehead atoms. The van der Waals surface area contributed by atoms with Crippen LogP contribution in [0.15, 0.2) is 4.99 Å². The Morgan fingerprint density at radius 2 is 1.96 bits per heavy atom. The minimum absolute atomic E-state index is 0. The highest BCUT2D eigenvalue weighted by molar-refractivity contribution is 14.0. The topological polar surface area (TPSA) is 46.1 Å². The first-order chi connectivity index (χ1) is 11.8. The van der Waals surface area contributed by atoms with E-state index in [9.17, 15) is 0 Å². The Balaban J connectivity index is 0.00000225. The first-order valence-corrected chi connectivity index (χ1v) is 9.86. The molecule has 0 aromatic heterocycles. The Kier molecular flexibility index (Phi) is 9.27. The molecule has 1 saturated heterocycles. The van der Waals surface area contributed by atoms with Gasteiger partial charge in [0.05, 0.1) is 19.8 Å². The van der Waals surface area contributed by atoms with Gasteiger partial charge in [0, 0.05) is 39.2 Å². The molecule has 0 aromatic carbocycles. The molecule has 3 aliphatic rings. The quantitative estimate of drug-likeness (QED) is 0.272. The van der Waals surface area contributed by atoms with Crippen LogP contribution in [0.5, 0.6) is 0 Å². The summed E-state index contributed by atoms with van der Waals surface area (Å²) in [6, 6.07) is 0.670. The van der Waals surface area contributed by atoms with E-state index in [2.05, 4.69) is 15.2 Å². The highest BCUT2D eigenvalue weighted by atomic mass is 127. The largest absolute Gasteiger partial charge is 0.382 e. The van der Waals surface area contributed by atoms with Crippen LogP contribution in [-0.2, 0) is 9.47 Å². The van der Waals surface area contributed by atoms with E-state index >= 15 is 0 Å². The van der Waals surface area contributed by atoms with Crippen molar-refractivity contribution >= 4 is 29.9 Å². The minimum Gasteiger partial charge on any atom is -0.382 e. The fourth-order valence-electron chi connectivity index (χ4n) is 4.48. The summed E-state index contributed by atoms with van der Waals surface area (Å²) in [6.07, 6.45) is 9.78. The van der Waals surface area contributed by atoms with E-state index in [1.54, 1.807) is 7.11 Å². The van der Waals surface area contributed by atoms with Crippen LogP contribution in [-0.4, -0.2) is 64.0 Å². The second kappa shape index (κ2) is 10.9. The summed E-state index contributed by atoms with van der Waals surface area (Å²) in [5, 5.41) is 3.74. The molecule has 5 nitrogen and oxygen atoms in total. The SMILES string of the molecule is CN=C(NC1CC1C1CCCCC1)N1CCC(COCCOC)C1.I. The standard InChI is InChI=1S/C19H35N3O2.HI/c1-20-19(21-18-12-17(18)16-6-4-3-5-7-16)22-9-8-15(13-22)14-24-11-10-23-2;/h15-18H,3-14H2,1-2H3,(H,20,21);1H. The van der Waals surface area contributed by atoms with Gasteiger partial charge in [0.1, 0.15) is 0 Å². The molecule has 2 saturated carbocycles. The van der Waals surface area contributed by atoms with E-state index in [0.717, 1.165) is 37.5 Å². The van der Waals surface area contributed by atoms with Gasteiger partial charge in [-0.2, -0.15) is 0 Å². The third-order valence-electron chi connectivity index (χ3n) is 5.99. The van der Waals surface area contributed by atoms with Gasteiger partial charge in [-0.15, -0.1) is 24.0 Å². The van der Waals surface area contributed by atoms with Crippen LogP contribution < -0.4 is 5.32 Å². The number of ether oxygens (including phenoxy) is 2. The molecular weight excluding hydrogens is 429 g/mol. The molecule has 1 N–H and O–H groups in total. The number of hydrogen-bond donors (Lipinski definition) is 1. The minimum atomic E-state index is 0. The Morgan fingerprint density at radius 3 is 2.68 bits per heavy atom. The molecule has 3 fully saturated rings. The smallest absolute Gasteiger partial charge is 0.193 e. The van der Waals surface area contributed by atoms with E-state index < -0.39 is 0 Å². The summed E-state index contributed by atoms with van der Waals surface area (Å²) >= 11 is 0. The zero-order valence-electron chi connectivity index (χ0n) is 15.9. The number of aliphatic imine (C=N–C) groups is 1. The Morgan fingerprint density at radius 1 is 1.16 bits per heavy atom. The van der Waals surface area contributed by atoms with Gasteiger partial charge in [0.15, 0.2) is 5.96 Å². The number of hydrogen-bond acceptors (Lipinski definition) is 3. The molecule has 146 valence electrons. The average Bonchev–Trinajstić information content (AvgIpc) is 3.24. The van der Waals surface area contributed by atoms with Gasteiger partial charge in [0.2, 0.25) is 0 Å². The number of methoxy groups -OCH3 is 1. The predicted molar refractivity (Wildman–Crippen MR) is 113 cm³/mol. The lowest BCUT2D eigenvalue weighted by molar-refractivity contribution is 0.0536. The van der Waals surface area contributed by atoms with Gasteiger partial charge in [-0.3, -0.25) is 4.99 Å². The lowest BCUT2D eigenvalue weighted by Gasteiger charge is -2.24. The lowest BCUT2D eigenvalue weighted by atomic mass is 9.85. The highest BCUT2D eigenvalue weighted by Gasteiger charge is 2.44. The van der Waals surface area contributed by atoms with Crippen LogP contribution in [0.2, 0.25) is 0 Å². The van der Waals surface area contributed by atoms with Crippen LogP contribution in [0.3, 0.4) is 0 Å². The van der Waals surface area contributed by atoms with Gasteiger partial charge < -0.3 is 19.7 Å². The Labute approximate surface area is 170 Å². The lowest BCUT2D eigenvalue weighted by Crippen LogP contribution is -2.42. The van der Waals surface area contributed by atoms with Crippen molar-refractivity contribution in [2.45, 2.75) is 51.0 Å². The fraction of sp³-hybridized carbons (Fsp3) is 0.947. The van der Waals surface area contributed by atoms with Crippen molar-refractivity contribution in [3.8, 4) is 0 Å².